The zero-order chi connectivity index (χ0) is 16.4. The molecule has 0 spiro atoms. The fraction of sp³-hybridized carbons (Fsp3) is 0.556. The van der Waals surface area contributed by atoms with Gasteiger partial charge in [0.2, 0.25) is 5.89 Å². The van der Waals surface area contributed by atoms with Gasteiger partial charge in [-0.2, -0.15) is 4.68 Å². The molecule has 1 aromatic carbocycles. The van der Waals surface area contributed by atoms with Gasteiger partial charge in [0, 0.05) is 19.0 Å². The summed E-state index contributed by atoms with van der Waals surface area (Å²) in [4.78, 5) is 14.3. The quantitative estimate of drug-likeness (QED) is 0.850. The summed E-state index contributed by atoms with van der Waals surface area (Å²) in [7, 11) is 0. The van der Waals surface area contributed by atoms with Crippen LogP contribution in [0, 0.1) is 13.8 Å². The summed E-state index contributed by atoms with van der Waals surface area (Å²) in [5.41, 5.74) is 4.04. The van der Waals surface area contributed by atoms with Crippen LogP contribution >= 0.6 is 0 Å². The fourth-order valence-electron chi connectivity index (χ4n) is 3.41. The van der Waals surface area contributed by atoms with E-state index < -0.39 is 0 Å². The van der Waals surface area contributed by atoms with Crippen LogP contribution in [0.15, 0.2) is 27.4 Å². The molecule has 2 heterocycles. The monoisotopic (exact) mass is 315 g/mol. The van der Waals surface area contributed by atoms with Gasteiger partial charge in [-0.3, -0.25) is 4.90 Å². The van der Waals surface area contributed by atoms with Gasteiger partial charge in [-0.05, 0) is 49.8 Å². The lowest BCUT2D eigenvalue weighted by Crippen LogP contribution is -2.31. The molecule has 1 aromatic heterocycles. The molecule has 1 aliphatic rings. The summed E-state index contributed by atoms with van der Waals surface area (Å²) in [6, 6.07) is 6.83. The van der Waals surface area contributed by atoms with Crippen molar-refractivity contribution in [3.8, 4) is 0 Å². The standard InChI is InChI=1S/C18H25N3O2/c1-4-7-17-19-21(18(22)23-17)12-20-11-6-10-16(20)15-9-5-8-13(2)14(15)3/h5,8-9,16H,4,6-7,10-12H2,1-3H3/t16-/m1/s1. The second-order valence-corrected chi connectivity index (χ2v) is 6.41. The summed E-state index contributed by atoms with van der Waals surface area (Å²) in [6.45, 7) is 7.88. The van der Waals surface area contributed by atoms with E-state index >= 15 is 0 Å². The maximum atomic E-state index is 12.0. The van der Waals surface area contributed by atoms with Crippen molar-refractivity contribution in [2.45, 2.75) is 59.2 Å². The van der Waals surface area contributed by atoms with E-state index in [1.165, 1.54) is 21.4 Å². The van der Waals surface area contributed by atoms with Crippen molar-refractivity contribution in [3.05, 3.63) is 51.3 Å². The highest BCUT2D eigenvalue weighted by Crippen LogP contribution is 2.34. The summed E-state index contributed by atoms with van der Waals surface area (Å²) in [5, 5.41) is 4.33. The van der Waals surface area contributed by atoms with E-state index in [2.05, 4.69) is 49.0 Å². The third-order valence-corrected chi connectivity index (χ3v) is 4.80. The smallest absolute Gasteiger partial charge is 0.392 e. The summed E-state index contributed by atoms with van der Waals surface area (Å²) >= 11 is 0. The Kier molecular flexibility index (Phi) is 4.66. The molecule has 3 rings (SSSR count). The molecule has 0 N–H and O–H groups in total. The minimum atomic E-state index is -0.347. The lowest BCUT2D eigenvalue weighted by atomic mass is 9.96. The first-order chi connectivity index (χ1) is 11.1. The molecule has 0 saturated carbocycles. The molecule has 0 radical (unpaired) electrons. The molecule has 124 valence electrons. The minimum absolute atomic E-state index is 0.347. The Morgan fingerprint density at radius 1 is 1.35 bits per heavy atom. The Hall–Kier alpha value is -1.88. The Morgan fingerprint density at radius 3 is 2.96 bits per heavy atom. The van der Waals surface area contributed by atoms with Crippen LogP contribution in [0.25, 0.3) is 0 Å². The van der Waals surface area contributed by atoms with E-state index in [0.29, 0.717) is 25.0 Å². The van der Waals surface area contributed by atoms with Crippen LogP contribution in [0.5, 0.6) is 0 Å². The minimum Gasteiger partial charge on any atom is -0.392 e. The summed E-state index contributed by atoms with van der Waals surface area (Å²) in [5.74, 6) is 0.194. The first-order valence-corrected chi connectivity index (χ1v) is 8.47. The van der Waals surface area contributed by atoms with E-state index in [9.17, 15) is 4.79 Å². The first-order valence-electron chi connectivity index (χ1n) is 8.47. The highest BCUT2D eigenvalue weighted by Gasteiger charge is 2.28. The van der Waals surface area contributed by atoms with Gasteiger partial charge in [0.1, 0.15) is 6.67 Å². The van der Waals surface area contributed by atoms with Crippen molar-refractivity contribution in [1.82, 2.24) is 14.7 Å². The highest BCUT2D eigenvalue weighted by atomic mass is 16.4. The zero-order valence-electron chi connectivity index (χ0n) is 14.2. The number of aryl methyl sites for hydroxylation is 2. The van der Waals surface area contributed by atoms with Crippen LogP contribution in [0.2, 0.25) is 0 Å². The van der Waals surface area contributed by atoms with Crippen molar-refractivity contribution < 1.29 is 4.42 Å². The maximum absolute atomic E-state index is 12.0. The van der Waals surface area contributed by atoms with Crippen LogP contribution in [-0.4, -0.2) is 21.2 Å². The van der Waals surface area contributed by atoms with Crippen LogP contribution in [0.1, 0.15) is 54.8 Å². The Morgan fingerprint density at radius 2 is 2.17 bits per heavy atom. The van der Waals surface area contributed by atoms with Gasteiger partial charge in [-0.15, -0.1) is 5.10 Å². The molecule has 23 heavy (non-hydrogen) atoms. The fourth-order valence-corrected chi connectivity index (χ4v) is 3.41. The molecule has 5 heteroatoms. The maximum Gasteiger partial charge on any atom is 0.438 e. The molecule has 0 amide bonds. The number of benzene rings is 1. The predicted molar refractivity (Wildman–Crippen MR) is 89.4 cm³/mol. The second-order valence-electron chi connectivity index (χ2n) is 6.41. The van der Waals surface area contributed by atoms with Crippen molar-refractivity contribution >= 4 is 0 Å². The molecule has 0 bridgehead atoms. The predicted octanol–water partition coefficient (Wildman–Crippen LogP) is 3.20. The number of hydrogen-bond donors (Lipinski definition) is 0. The molecule has 5 nitrogen and oxygen atoms in total. The Balaban J connectivity index is 1.82. The van der Waals surface area contributed by atoms with Crippen molar-refractivity contribution in [1.29, 1.82) is 0 Å². The van der Waals surface area contributed by atoms with Crippen molar-refractivity contribution in [2.24, 2.45) is 0 Å². The van der Waals surface area contributed by atoms with Crippen LogP contribution < -0.4 is 5.76 Å². The summed E-state index contributed by atoms with van der Waals surface area (Å²) in [6.07, 6.45) is 3.91. The van der Waals surface area contributed by atoms with Crippen LogP contribution in [-0.2, 0) is 13.1 Å². The third-order valence-electron chi connectivity index (χ3n) is 4.80. The van der Waals surface area contributed by atoms with Gasteiger partial charge in [0.15, 0.2) is 0 Å². The zero-order valence-corrected chi connectivity index (χ0v) is 14.2. The van der Waals surface area contributed by atoms with Gasteiger partial charge in [0.05, 0.1) is 0 Å². The first kappa shape index (κ1) is 16.0. The van der Waals surface area contributed by atoms with E-state index in [4.69, 9.17) is 4.42 Å². The Bertz CT molecular complexity index is 732. The number of nitrogens with zero attached hydrogens (tertiary/aromatic N) is 3. The summed E-state index contributed by atoms with van der Waals surface area (Å²) < 4.78 is 6.69. The van der Waals surface area contributed by atoms with Crippen molar-refractivity contribution in [3.63, 3.8) is 0 Å². The van der Waals surface area contributed by atoms with E-state index in [-0.39, 0.29) is 5.76 Å². The van der Waals surface area contributed by atoms with Crippen molar-refractivity contribution in [2.75, 3.05) is 6.54 Å². The number of aromatic nitrogens is 2. The molecule has 0 unspecified atom stereocenters. The largest absolute Gasteiger partial charge is 0.438 e. The third kappa shape index (κ3) is 3.24. The average Bonchev–Trinajstić information content (AvgIpc) is 3.10. The number of likely N-dealkylation sites (tertiary alicyclic amines) is 1. The molecular formula is C18H25N3O2. The van der Waals surface area contributed by atoms with Gasteiger partial charge < -0.3 is 4.42 Å². The van der Waals surface area contributed by atoms with Gasteiger partial charge in [-0.1, -0.05) is 25.1 Å². The molecule has 1 saturated heterocycles. The SMILES string of the molecule is CCCc1nn(CN2CCC[C@@H]2c2cccc(C)c2C)c(=O)o1. The van der Waals surface area contributed by atoms with Crippen LogP contribution in [0.3, 0.4) is 0 Å². The van der Waals surface area contributed by atoms with Gasteiger partial charge in [-0.25, -0.2) is 4.79 Å². The van der Waals surface area contributed by atoms with E-state index in [0.717, 1.165) is 25.8 Å². The molecule has 1 fully saturated rings. The number of rotatable bonds is 5. The topological polar surface area (TPSA) is 51.3 Å². The van der Waals surface area contributed by atoms with Gasteiger partial charge >= 0.3 is 5.76 Å². The second kappa shape index (κ2) is 6.71. The van der Waals surface area contributed by atoms with Gasteiger partial charge in [0.25, 0.3) is 0 Å². The molecule has 0 aliphatic carbocycles. The lowest BCUT2D eigenvalue weighted by molar-refractivity contribution is 0.184. The van der Waals surface area contributed by atoms with E-state index in [1.54, 1.807) is 0 Å². The average molecular weight is 315 g/mol. The highest BCUT2D eigenvalue weighted by molar-refractivity contribution is 5.35. The Labute approximate surface area is 136 Å². The molecule has 1 aliphatic heterocycles. The van der Waals surface area contributed by atoms with E-state index in [1.807, 2.05) is 0 Å². The molecular weight excluding hydrogens is 290 g/mol. The molecule has 2 aromatic rings. The molecule has 1 atom stereocenters. The lowest BCUT2D eigenvalue weighted by Gasteiger charge is -2.25. The number of hydrogen-bond acceptors (Lipinski definition) is 4. The normalized spacial score (nSPS) is 18.7. The van der Waals surface area contributed by atoms with Crippen LogP contribution in [0.4, 0.5) is 0 Å².